The molecule has 106 valence electrons. The van der Waals surface area contributed by atoms with Crippen LogP contribution in [-0.2, 0) is 17.8 Å². The molecule has 0 aliphatic carbocycles. The van der Waals surface area contributed by atoms with Gasteiger partial charge in [-0.2, -0.15) is 0 Å². The average Bonchev–Trinajstić information content (AvgIpc) is 2.85. The quantitative estimate of drug-likeness (QED) is 0.916. The van der Waals surface area contributed by atoms with E-state index in [-0.39, 0.29) is 11.8 Å². The zero-order valence-corrected chi connectivity index (χ0v) is 11.9. The molecule has 0 fully saturated rings. The summed E-state index contributed by atoms with van der Waals surface area (Å²) >= 11 is 5.81. The Morgan fingerprint density at radius 1 is 1.19 bits per heavy atom. The van der Waals surface area contributed by atoms with Crippen LogP contribution in [0.5, 0.6) is 0 Å². The van der Waals surface area contributed by atoms with E-state index in [1.807, 2.05) is 18.2 Å². The molecule has 0 bridgehead atoms. The van der Waals surface area contributed by atoms with Gasteiger partial charge in [0.1, 0.15) is 0 Å². The highest BCUT2D eigenvalue weighted by molar-refractivity contribution is 6.30. The van der Waals surface area contributed by atoms with Gasteiger partial charge in [0.15, 0.2) is 0 Å². The predicted octanol–water partition coefficient (Wildman–Crippen LogP) is 2.76. The standard InChI is InChI=1S/C16H13ClN2O2/c17-13-5-1-10(2-6-13)9-18-16(21)12-4-3-11-8-15(20)19-14(11)7-12/h1-7H,8-9H2,(H,18,21)(H,19,20). The summed E-state index contributed by atoms with van der Waals surface area (Å²) in [6.07, 6.45) is 0.377. The number of benzene rings is 2. The van der Waals surface area contributed by atoms with Gasteiger partial charge in [0.2, 0.25) is 5.91 Å². The highest BCUT2D eigenvalue weighted by atomic mass is 35.5. The van der Waals surface area contributed by atoms with E-state index in [0.717, 1.165) is 16.8 Å². The van der Waals surface area contributed by atoms with Crippen molar-refractivity contribution in [2.45, 2.75) is 13.0 Å². The van der Waals surface area contributed by atoms with E-state index in [1.54, 1.807) is 24.3 Å². The van der Waals surface area contributed by atoms with Crippen LogP contribution in [0.25, 0.3) is 0 Å². The summed E-state index contributed by atoms with van der Waals surface area (Å²) in [7, 11) is 0. The van der Waals surface area contributed by atoms with Crippen LogP contribution < -0.4 is 10.6 Å². The molecule has 0 saturated heterocycles. The molecule has 0 spiro atoms. The second kappa shape index (κ2) is 5.58. The number of carbonyl (C=O) groups excluding carboxylic acids is 2. The van der Waals surface area contributed by atoms with Crippen LogP contribution in [-0.4, -0.2) is 11.8 Å². The number of carbonyl (C=O) groups is 2. The van der Waals surface area contributed by atoms with Gasteiger partial charge in [0.25, 0.3) is 5.91 Å². The Morgan fingerprint density at radius 3 is 2.71 bits per heavy atom. The van der Waals surface area contributed by atoms with Crippen LogP contribution in [0, 0.1) is 0 Å². The van der Waals surface area contributed by atoms with Gasteiger partial charge in [-0.1, -0.05) is 29.8 Å². The summed E-state index contributed by atoms with van der Waals surface area (Å²) in [6, 6.07) is 12.6. The molecule has 5 heteroatoms. The summed E-state index contributed by atoms with van der Waals surface area (Å²) in [4.78, 5) is 23.4. The van der Waals surface area contributed by atoms with Gasteiger partial charge in [-0.25, -0.2) is 0 Å². The lowest BCUT2D eigenvalue weighted by atomic mass is 10.1. The van der Waals surface area contributed by atoms with E-state index in [1.165, 1.54) is 0 Å². The molecular formula is C16H13ClN2O2. The second-order valence-electron chi connectivity index (χ2n) is 4.91. The lowest BCUT2D eigenvalue weighted by Crippen LogP contribution is -2.22. The predicted molar refractivity (Wildman–Crippen MR) is 81.4 cm³/mol. The van der Waals surface area contributed by atoms with Crippen molar-refractivity contribution in [2.75, 3.05) is 5.32 Å². The van der Waals surface area contributed by atoms with Gasteiger partial charge in [0, 0.05) is 22.8 Å². The number of fused-ring (bicyclic) bond motifs is 1. The Morgan fingerprint density at radius 2 is 1.95 bits per heavy atom. The fourth-order valence-electron chi connectivity index (χ4n) is 2.24. The maximum Gasteiger partial charge on any atom is 0.251 e. The average molecular weight is 301 g/mol. The third-order valence-electron chi connectivity index (χ3n) is 3.36. The van der Waals surface area contributed by atoms with Gasteiger partial charge in [-0.05, 0) is 35.4 Å². The van der Waals surface area contributed by atoms with Gasteiger partial charge < -0.3 is 10.6 Å². The first-order chi connectivity index (χ1) is 10.1. The highest BCUT2D eigenvalue weighted by Crippen LogP contribution is 2.24. The number of rotatable bonds is 3. The molecule has 0 unspecified atom stereocenters. The van der Waals surface area contributed by atoms with Crippen LogP contribution >= 0.6 is 11.6 Å². The van der Waals surface area contributed by atoms with Crippen LogP contribution in [0.1, 0.15) is 21.5 Å². The van der Waals surface area contributed by atoms with E-state index in [0.29, 0.717) is 23.6 Å². The van der Waals surface area contributed by atoms with Gasteiger partial charge >= 0.3 is 0 Å². The third kappa shape index (κ3) is 3.06. The van der Waals surface area contributed by atoms with Crippen molar-refractivity contribution in [3.63, 3.8) is 0 Å². The molecule has 2 aromatic carbocycles. The number of nitrogens with one attached hydrogen (secondary N) is 2. The zero-order chi connectivity index (χ0) is 14.8. The lowest BCUT2D eigenvalue weighted by molar-refractivity contribution is -0.115. The topological polar surface area (TPSA) is 58.2 Å². The Hall–Kier alpha value is -2.33. The van der Waals surface area contributed by atoms with Crippen molar-refractivity contribution < 1.29 is 9.59 Å². The maximum absolute atomic E-state index is 12.1. The minimum atomic E-state index is -0.172. The highest BCUT2D eigenvalue weighted by Gasteiger charge is 2.18. The molecular weight excluding hydrogens is 288 g/mol. The van der Waals surface area contributed by atoms with E-state index in [4.69, 9.17) is 11.6 Å². The van der Waals surface area contributed by atoms with Crippen LogP contribution in [0.4, 0.5) is 5.69 Å². The van der Waals surface area contributed by atoms with Crippen molar-refractivity contribution >= 4 is 29.1 Å². The van der Waals surface area contributed by atoms with Crippen molar-refractivity contribution in [3.8, 4) is 0 Å². The largest absolute Gasteiger partial charge is 0.348 e. The first-order valence-electron chi connectivity index (χ1n) is 6.57. The van der Waals surface area contributed by atoms with Gasteiger partial charge in [-0.3, -0.25) is 9.59 Å². The molecule has 2 amide bonds. The van der Waals surface area contributed by atoms with Gasteiger partial charge in [0.05, 0.1) is 6.42 Å². The molecule has 4 nitrogen and oxygen atoms in total. The molecule has 1 aliphatic rings. The molecule has 0 saturated carbocycles. The first-order valence-corrected chi connectivity index (χ1v) is 6.95. The summed E-state index contributed by atoms with van der Waals surface area (Å²) in [6.45, 7) is 0.430. The van der Waals surface area contributed by atoms with Crippen molar-refractivity contribution in [1.82, 2.24) is 5.32 Å². The van der Waals surface area contributed by atoms with Crippen molar-refractivity contribution in [1.29, 1.82) is 0 Å². The molecule has 21 heavy (non-hydrogen) atoms. The molecule has 2 aromatic rings. The Labute approximate surface area is 127 Å². The fraction of sp³-hybridized carbons (Fsp3) is 0.125. The summed E-state index contributed by atoms with van der Waals surface area (Å²) < 4.78 is 0. The van der Waals surface area contributed by atoms with Crippen molar-refractivity contribution in [3.05, 3.63) is 64.2 Å². The van der Waals surface area contributed by atoms with E-state index in [2.05, 4.69) is 10.6 Å². The molecule has 0 atom stereocenters. The lowest BCUT2D eigenvalue weighted by Gasteiger charge is -2.07. The summed E-state index contributed by atoms with van der Waals surface area (Å²) in [5.41, 5.74) is 3.15. The molecule has 0 aromatic heterocycles. The number of hydrogen-bond donors (Lipinski definition) is 2. The van der Waals surface area contributed by atoms with E-state index >= 15 is 0 Å². The minimum Gasteiger partial charge on any atom is -0.348 e. The monoisotopic (exact) mass is 300 g/mol. The number of amides is 2. The summed E-state index contributed by atoms with van der Waals surface area (Å²) in [5.74, 6) is -0.211. The molecule has 1 aliphatic heterocycles. The fourth-order valence-corrected chi connectivity index (χ4v) is 2.37. The smallest absolute Gasteiger partial charge is 0.251 e. The Kier molecular flexibility index (Phi) is 3.62. The number of hydrogen-bond acceptors (Lipinski definition) is 2. The number of halogens is 1. The molecule has 3 rings (SSSR count). The SMILES string of the molecule is O=C1Cc2ccc(C(=O)NCc3ccc(Cl)cc3)cc2N1. The molecule has 2 N–H and O–H groups in total. The van der Waals surface area contributed by atoms with E-state index < -0.39 is 0 Å². The second-order valence-corrected chi connectivity index (χ2v) is 5.34. The maximum atomic E-state index is 12.1. The molecule has 0 radical (unpaired) electrons. The normalized spacial score (nSPS) is 12.7. The van der Waals surface area contributed by atoms with E-state index in [9.17, 15) is 9.59 Å². The Bertz CT molecular complexity index is 711. The molecule has 1 heterocycles. The van der Waals surface area contributed by atoms with Crippen LogP contribution in [0.2, 0.25) is 5.02 Å². The van der Waals surface area contributed by atoms with Gasteiger partial charge in [-0.15, -0.1) is 0 Å². The number of anilines is 1. The third-order valence-corrected chi connectivity index (χ3v) is 3.62. The first kappa shape index (κ1) is 13.6. The summed E-state index contributed by atoms with van der Waals surface area (Å²) in [5, 5.41) is 6.25. The van der Waals surface area contributed by atoms with Crippen LogP contribution in [0.15, 0.2) is 42.5 Å². The zero-order valence-electron chi connectivity index (χ0n) is 11.2. The van der Waals surface area contributed by atoms with Crippen LogP contribution in [0.3, 0.4) is 0 Å². The minimum absolute atomic E-state index is 0.0382. The Balaban J connectivity index is 1.67. The van der Waals surface area contributed by atoms with Crippen molar-refractivity contribution in [2.24, 2.45) is 0 Å².